The molecule has 1 aliphatic carbocycles. The molecule has 4 aliphatic rings. The Bertz CT molecular complexity index is 4550. The first-order chi connectivity index (χ1) is 51.1. The van der Waals surface area contributed by atoms with Crippen LogP contribution in [0.1, 0.15) is 152 Å². The highest BCUT2D eigenvalue weighted by Gasteiger charge is 2.45. The largest absolute Gasteiger partial charge is 0.505 e. The van der Waals surface area contributed by atoms with Crippen LogP contribution in [0.15, 0.2) is 210 Å². The predicted molar refractivity (Wildman–Crippen MR) is 410 cm³/mol. The maximum absolute atomic E-state index is 13.7. The van der Waals surface area contributed by atoms with Gasteiger partial charge >= 0.3 is 0 Å². The van der Waals surface area contributed by atoms with E-state index in [-0.39, 0.29) is 151 Å². The fourth-order valence-electron chi connectivity index (χ4n) is 12.5. The number of nitrogens with one attached hydrogen (secondary N) is 6. The van der Waals surface area contributed by atoms with E-state index in [9.17, 15) is 58.5 Å². The number of hydrogen-bond acceptors (Lipinski definition) is 18. The van der Waals surface area contributed by atoms with Crippen LogP contribution in [0.3, 0.4) is 0 Å². The highest BCUT2D eigenvalue weighted by atomic mass is 16.3. The summed E-state index contributed by atoms with van der Waals surface area (Å²) >= 11 is 0. The predicted octanol–water partition coefficient (Wildman–Crippen LogP) is 11.5. The van der Waals surface area contributed by atoms with Gasteiger partial charge in [0.15, 0.2) is 17.2 Å². The lowest BCUT2D eigenvalue weighted by Crippen LogP contribution is -2.43. The third-order valence-corrected chi connectivity index (χ3v) is 19.1. The van der Waals surface area contributed by atoms with Crippen LogP contribution in [0.4, 0.5) is 17.1 Å². The van der Waals surface area contributed by atoms with Gasteiger partial charge in [-0.25, -0.2) is 0 Å². The van der Waals surface area contributed by atoms with Gasteiger partial charge in [0.25, 0.3) is 53.2 Å². The highest BCUT2D eigenvalue weighted by molar-refractivity contribution is 6.22. The van der Waals surface area contributed by atoms with E-state index in [2.05, 4.69) is 31.9 Å². The monoisotopic (exact) mass is 1450 g/mol. The molecule has 0 saturated heterocycles. The minimum Gasteiger partial charge on any atom is -0.505 e. The van der Waals surface area contributed by atoms with Crippen LogP contribution in [-0.4, -0.2) is 152 Å². The second-order valence-electron chi connectivity index (χ2n) is 28.2. The molecular formula is C83H96N12O12. The third-order valence-electron chi connectivity index (χ3n) is 19.1. The van der Waals surface area contributed by atoms with Crippen LogP contribution < -0.4 is 31.9 Å². The lowest BCUT2D eigenvalue weighted by Gasteiger charge is -2.30. The van der Waals surface area contributed by atoms with Gasteiger partial charge in [-0.3, -0.25) is 57.9 Å². The molecule has 11 rings (SSSR count). The molecule has 3 atom stereocenters. The summed E-state index contributed by atoms with van der Waals surface area (Å²) in [6.07, 6.45) is 5.98. The molecule has 0 radical (unpaired) electrons. The van der Waals surface area contributed by atoms with Crippen molar-refractivity contribution < 1.29 is 58.5 Å². The van der Waals surface area contributed by atoms with E-state index in [1.165, 1.54) is 47.6 Å². The zero-order valence-electron chi connectivity index (χ0n) is 62.6. The van der Waals surface area contributed by atoms with Crippen LogP contribution in [0.5, 0.6) is 17.2 Å². The Labute approximate surface area is 624 Å². The number of carbonyl (C=O) groups excluding carboxylic acids is 9. The molecule has 107 heavy (non-hydrogen) atoms. The average Bonchev–Trinajstić information content (AvgIpc) is 1.64. The van der Waals surface area contributed by atoms with Crippen molar-refractivity contribution in [2.24, 2.45) is 5.41 Å². The van der Waals surface area contributed by atoms with Gasteiger partial charge in [-0.15, -0.1) is 0 Å². The number of rotatable bonds is 24. The van der Waals surface area contributed by atoms with Gasteiger partial charge in [0, 0.05) is 54.4 Å². The number of benzene rings is 7. The van der Waals surface area contributed by atoms with Crippen molar-refractivity contribution in [2.75, 3.05) is 58.2 Å². The first-order valence-electron chi connectivity index (χ1n) is 35.8. The van der Waals surface area contributed by atoms with Crippen LogP contribution in [0.25, 0.3) is 0 Å². The summed E-state index contributed by atoms with van der Waals surface area (Å²) in [5.41, 5.74) is 4.75. The Morgan fingerprint density at radius 1 is 0.411 bits per heavy atom. The smallest absolute Gasteiger partial charge is 0.279 e. The van der Waals surface area contributed by atoms with Gasteiger partial charge in [0.2, 0.25) is 0 Å². The van der Waals surface area contributed by atoms with Crippen LogP contribution in [-0.2, 0) is 41.9 Å². The molecule has 560 valence electrons. The van der Waals surface area contributed by atoms with Crippen LogP contribution in [0, 0.1) is 5.41 Å². The van der Waals surface area contributed by atoms with E-state index in [0.717, 1.165) is 54.4 Å². The topological polar surface area (TPSA) is 306 Å². The third kappa shape index (κ3) is 18.3. The summed E-state index contributed by atoms with van der Waals surface area (Å²) in [6, 6.07) is 51.3. The van der Waals surface area contributed by atoms with E-state index < -0.39 is 29.5 Å². The van der Waals surface area contributed by atoms with Crippen LogP contribution >= 0.6 is 0 Å². The van der Waals surface area contributed by atoms with Crippen LogP contribution in [0.2, 0.25) is 0 Å². The lowest BCUT2D eigenvalue weighted by atomic mass is 9.88. The maximum atomic E-state index is 13.7. The number of aromatic hydroxyl groups is 3. The van der Waals surface area contributed by atoms with Crippen molar-refractivity contribution in [3.8, 4) is 17.2 Å². The Morgan fingerprint density at radius 2 is 0.710 bits per heavy atom. The zero-order chi connectivity index (χ0) is 77.6. The zero-order valence-corrected chi connectivity index (χ0v) is 62.6. The van der Waals surface area contributed by atoms with E-state index in [0.29, 0.717) is 12.8 Å². The molecule has 7 aromatic rings. The Kier molecular flexibility index (Phi) is 25.9. The molecule has 3 heterocycles. The number of phenolic OH excluding ortho intramolecular Hbond substituents is 3. The molecule has 9 N–H and O–H groups in total. The fraction of sp³-hybridized carbons (Fsp3) is 0.313. The van der Waals surface area contributed by atoms with Crippen molar-refractivity contribution in [1.29, 1.82) is 0 Å². The molecule has 0 bridgehead atoms. The summed E-state index contributed by atoms with van der Waals surface area (Å²) < 4.78 is 0. The molecular weight excluding hydrogens is 1360 g/mol. The van der Waals surface area contributed by atoms with E-state index in [4.69, 9.17) is 0 Å². The van der Waals surface area contributed by atoms with Gasteiger partial charge in [-0.05, 0) is 96.7 Å². The molecule has 0 unspecified atom stereocenters. The lowest BCUT2D eigenvalue weighted by molar-refractivity contribution is -0.142. The summed E-state index contributed by atoms with van der Waals surface area (Å²) in [7, 11) is 9.54. The van der Waals surface area contributed by atoms with E-state index >= 15 is 0 Å². The SMILES string of the molecule is CC[C@@H](NC1=C(Nc2cccc(C(=O)N(C)C)c2O)C(=O)N(C2CCCCC2)C1=O)c1ccccc1.CC[C@@H](NC1=C(Nc2cccc(C(=O)N(C)C)c2O)C(=O)N(Cc2ccccc2)C1=O)c1ccccc1.C[C@H](NC1=C(Nc2cccc(C(=O)N(C)C)c2O)C(=O)N(Cc2ccccc2)C1=O)C(C)(C)C. The van der Waals surface area contributed by atoms with Crippen molar-refractivity contribution in [1.82, 2.24) is 45.3 Å². The number of para-hydroxylation sites is 3. The Hall–Kier alpha value is -12.2. The van der Waals surface area contributed by atoms with E-state index in [1.807, 2.05) is 163 Å². The number of imide groups is 3. The molecule has 0 aromatic heterocycles. The molecule has 1 saturated carbocycles. The number of phenols is 3. The minimum atomic E-state index is -0.525. The molecule has 9 amide bonds. The second-order valence-corrected chi connectivity index (χ2v) is 28.2. The number of amides is 9. The molecule has 0 spiro atoms. The molecule has 1 fully saturated rings. The molecule has 7 aromatic carbocycles. The van der Waals surface area contributed by atoms with Gasteiger partial charge < -0.3 is 61.9 Å². The normalized spacial score (nSPS) is 15.5. The Morgan fingerprint density at radius 3 is 1.04 bits per heavy atom. The minimum absolute atomic E-state index is 0.0139. The second kappa shape index (κ2) is 35.0. The summed E-state index contributed by atoms with van der Waals surface area (Å²) in [6.45, 7) is 12.3. The van der Waals surface area contributed by atoms with Crippen molar-refractivity contribution in [3.63, 3.8) is 0 Å². The van der Waals surface area contributed by atoms with Crippen molar-refractivity contribution in [3.05, 3.63) is 249 Å². The van der Waals surface area contributed by atoms with Crippen molar-refractivity contribution >= 4 is 70.2 Å². The number of anilines is 3. The van der Waals surface area contributed by atoms with Gasteiger partial charge in [-0.2, -0.15) is 0 Å². The van der Waals surface area contributed by atoms with E-state index in [1.54, 1.807) is 78.7 Å². The summed E-state index contributed by atoms with van der Waals surface area (Å²) in [5.74, 6) is -4.72. The van der Waals surface area contributed by atoms with Gasteiger partial charge in [-0.1, -0.05) is 193 Å². The number of carbonyl (C=O) groups is 9. The maximum Gasteiger partial charge on any atom is 0.279 e. The first-order valence-corrected chi connectivity index (χ1v) is 35.8. The Balaban J connectivity index is 0.000000186. The number of hydrogen-bond donors (Lipinski definition) is 9. The standard InChI is InChI=1S/C29H30N4O4.C28H34N4O4.C26H32N4O4/c1-4-22(20-14-9-6-10-15-20)30-24-25(29(37)33(28(24)36)18-19-12-7-5-8-13-19)31-23-17-11-16-21(26(23)34)27(35)32(2)3;1-4-21(18-12-7-5-8-13-18)29-23-24(28(36)32(27(23)35)19-14-9-6-10-15-19)30-22-17-11-16-20(25(22)33)26(34)31(2)3;1-16(26(2,3)4)27-20-21(25(34)30(24(20)33)15-17-11-8-7-9-12-17)28-19-14-10-13-18(22(19)31)23(32)29(5)6/h5-17,22,30-31,34H,4,18H2,1-3H3;5,7-8,11-13,16-17,19,21,29-30,33H,4,6,9-10,14-15H2,1-3H3;7-14,16,27-28,31H,15H2,1-6H3/t22-;21-;16-/m110/s1. The fourth-order valence-corrected chi connectivity index (χ4v) is 12.5. The molecule has 3 aliphatic heterocycles. The average molecular weight is 1450 g/mol. The molecule has 24 nitrogen and oxygen atoms in total. The summed E-state index contributed by atoms with van der Waals surface area (Å²) in [5, 5.41) is 51.2. The summed E-state index contributed by atoms with van der Waals surface area (Å²) in [4.78, 5) is 126. The van der Waals surface area contributed by atoms with Gasteiger partial charge in [0.1, 0.15) is 34.2 Å². The number of nitrogens with zero attached hydrogens (tertiary/aromatic N) is 6. The van der Waals surface area contributed by atoms with Gasteiger partial charge in [0.05, 0.1) is 58.9 Å². The first kappa shape index (κ1) is 78.9. The quantitative estimate of drug-likeness (QED) is 0.0201. The highest BCUT2D eigenvalue weighted by Crippen LogP contribution is 2.38. The molecule has 24 heteroatoms. The van der Waals surface area contributed by atoms with Crippen molar-refractivity contribution in [2.45, 2.75) is 124 Å².